The van der Waals surface area contributed by atoms with Crippen LogP contribution in [0.2, 0.25) is 0 Å². The van der Waals surface area contributed by atoms with Crippen LogP contribution in [-0.4, -0.2) is 26.8 Å². The van der Waals surface area contributed by atoms with Crippen molar-refractivity contribution >= 4 is 51.4 Å². The molecule has 3 N–H and O–H groups in total. The monoisotopic (exact) mass is 323 g/mol. The highest BCUT2D eigenvalue weighted by atomic mass is 79.9. The fourth-order valence-corrected chi connectivity index (χ4v) is 2.16. The van der Waals surface area contributed by atoms with Crippen molar-refractivity contribution in [3.63, 3.8) is 0 Å². The van der Waals surface area contributed by atoms with Crippen LogP contribution in [0, 0.1) is 4.77 Å². The zero-order valence-electron chi connectivity index (χ0n) is 8.82. The summed E-state index contributed by atoms with van der Waals surface area (Å²) in [6.07, 6.45) is 0. The minimum absolute atomic E-state index is 0.259. The molecule has 18 heavy (non-hydrogen) atoms. The topological polar surface area (TPSA) is 85.9 Å². The van der Waals surface area contributed by atoms with Crippen molar-refractivity contribution in [2.24, 2.45) is 4.99 Å². The number of anilines is 1. The number of fused-ring (bicyclic) bond motifs is 1. The maximum atomic E-state index is 11.8. The zero-order chi connectivity index (χ0) is 12.7. The van der Waals surface area contributed by atoms with Crippen molar-refractivity contribution in [3.8, 4) is 0 Å². The van der Waals surface area contributed by atoms with Gasteiger partial charge in [-0.15, -0.1) is 0 Å². The van der Waals surface area contributed by atoms with E-state index in [-0.39, 0.29) is 11.9 Å². The molecular formula is C10H6BrN5OS. The van der Waals surface area contributed by atoms with Gasteiger partial charge in [0, 0.05) is 10.0 Å². The van der Waals surface area contributed by atoms with Crippen molar-refractivity contribution in [3.05, 3.63) is 33.0 Å². The Hall–Kier alpha value is -1.80. The first-order valence-electron chi connectivity index (χ1n) is 4.98. The summed E-state index contributed by atoms with van der Waals surface area (Å²) in [5, 5.41) is 8.04. The van der Waals surface area contributed by atoms with Crippen LogP contribution >= 0.6 is 28.1 Å². The Morgan fingerprint density at radius 3 is 2.89 bits per heavy atom. The van der Waals surface area contributed by atoms with E-state index in [9.17, 15) is 4.79 Å². The molecule has 3 rings (SSSR count). The standard InChI is InChI=1S/C10H6BrN5OS/c11-4-1-2-6-5(3-4)7(8(17)12-6)13-9-14-10(18)16-15-9/h1-3H,(H3,12,13,14,15,16,17,18). The van der Waals surface area contributed by atoms with Gasteiger partial charge in [0.2, 0.25) is 10.7 Å². The molecule has 6 nitrogen and oxygen atoms in total. The number of hydrogen-bond acceptors (Lipinski definition) is 4. The quantitative estimate of drug-likeness (QED) is 0.704. The minimum atomic E-state index is -0.259. The van der Waals surface area contributed by atoms with Crippen molar-refractivity contribution in [1.29, 1.82) is 0 Å². The summed E-state index contributed by atoms with van der Waals surface area (Å²) in [4.78, 5) is 19.9. The van der Waals surface area contributed by atoms with Crippen LogP contribution in [0.5, 0.6) is 0 Å². The molecule has 2 aromatic rings. The van der Waals surface area contributed by atoms with E-state index >= 15 is 0 Å². The minimum Gasteiger partial charge on any atom is -0.320 e. The third-order valence-electron chi connectivity index (χ3n) is 2.41. The van der Waals surface area contributed by atoms with E-state index in [0.29, 0.717) is 10.5 Å². The molecule has 90 valence electrons. The Balaban J connectivity index is 2.14. The molecule has 1 aliphatic rings. The van der Waals surface area contributed by atoms with Gasteiger partial charge < -0.3 is 5.32 Å². The van der Waals surface area contributed by atoms with Crippen molar-refractivity contribution in [2.75, 3.05) is 5.32 Å². The number of rotatable bonds is 1. The maximum absolute atomic E-state index is 11.8. The molecule has 0 bridgehead atoms. The molecule has 0 unspecified atom stereocenters. The molecule has 2 heterocycles. The number of aromatic nitrogens is 3. The summed E-state index contributed by atoms with van der Waals surface area (Å²) in [6, 6.07) is 5.49. The van der Waals surface area contributed by atoms with Crippen molar-refractivity contribution < 1.29 is 4.79 Å². The normalized spacial score (nSPS) is 15.8. The number of nitrogens with zero attached hydrogens (tertiary/aromatic N) is 2. The lowest BCUT2D eigenvalue weighted by Crippen LogP contribution is -2.14. The van der Waals surface area contributed by atoms with Gasteiger partial charge in [0.25, 0.3) is 5.91 Å². The van der Waals surface area contributed by atoms with Crippen LogP contribution in [0.3, 0.4) is 0 Å². The summed E-state index contributed by atoms with van der Waals surface area (Å²) >= 11 is 8.19. The predicted octanol–water partition coefficient (Wildman–Crippen LogP) is 2.30. The van der Waals surface area contributed by atoms with Gasteiger partial charge in [-0.25, -0.2) is 4.99 Å². The summed E-state index contributed by atoms with van der Waals surface area (Å²) in [7, 11) is 0. The van der Waals surface area contributed by atoms with E-state index in [4.69, 9.17) is 12.2 Å². The fraction of sp³-hybridized carbons (Fsp3) is 0. The third kappa shape index (κ3) is 1.89. The first-order valence-corrected chi connectivity index (χ1v) is 6.18. The molecule has 0 radical (unpaired) electrons. The predicted molar refractivity (Wildman–Crippen MR) is 72.7 cm³/mol. The summed E-state index contributed by atoms with van der Waals surface area (Å²) in [6.45, 7) is 0. The molecule has 1 amide bonds. The molecule has 1 aliphatic heterocycles. The number of carbonyl (C=O) groups is 1. The highest BCUT2D eigenvalue weighted by molar-refractivity contribution is 9.10. The van der Waals surface area contributed by atoms with Gasteiger partial charge in [-0.2, -0.15) is 4.98 Å². The van der Waals surface area contributed by atoms with E-state index in [1.807, 2.05) is 18.2 Å². The van der Waals surface area contributed by atoms with E-state index in [0.717, 1.165) is 15.7 Å². The molecule has 0 saturated heterocycles. The average Bonchev–Trinajstić information content (AvgIpc) is 2.86. The first kappa shape index (κ1) is 11.3. The molecule has 0 aliphatic carbocycles. The fourth-order valence-electron chi connectivity index (χ4n) is 1.66. The van der Waals surface area contributed by atoms with E-state index < -0.39 is 0 Å². The SMILES string of the molecule is O=C1Nc2ccc(Br)cc2/C1=N/c1nc(=S)[nH][nH]1. The number of nitrogens with one attached hydrogen (secondary N) is 3. The van der Waals surface area contributed by atoms with Crippen molar-refractivity contribution in [2.45, 2.75) is 0 Å². The van der Waals surface area contributed by atoms with Crippen LogP contribution in [0.25, 0.3) is 0 Å². The molecular weight excluding hydrogens is 318 g/mol. The van der Waals surface area contributed by atoms with Gasteiger partial charge in [-0.3, -0.25) is 15.0 Å². The van der Waals surface area contributed by atoms with Crippen LogP contribution in [0.1, 0.15) is 5.56 Å². The highest BCUT2D eigenvalue weighted by Crippen LogP contribution is 2.27. The Bertz CT molecular complexity index is 732. The molecule has 1 aromatic heterocycles. The van der Waals surface area contributed by atoms with E-state index in [1.54, 1.807) is 0 Å². The van der Waals surface area contributed by atoms with E-state index in [2.05, 4.69) is 41.4 Å². The maximum Gasteiger partial charge on any atom is 0.275 e. The first-order chi connectivity index (χ1) is 8.63. The second-order valence-corrected chi connectivity index (χ2v) is 4.90. The zero-order valence-corrected chi connectivity index (χ0v) is 11.2. The van der Waals surface area contributed by atoms with Gasteiger partial charge in [0.1, 0.15) is 5.71 Å². The smallest absolute Gasteiger partial charge is 0.275 e. The summed E-state index contributed by atoms with van der Waals surface area (Å²) < 4.78 is 1.17. The lowest BCUT2D eigenvalue weighted by atomic mass is 10.1. The number of H-pyrrole nitrogens is 2. The average molecular weight is 324 g/mol. The highest BCUT2D eigenvalue weighted by Gasteiger charge is 2.26. The second kappa shape index (κ2) is 4.14. The summed E-state index contributed by atoms with van der Waals surface area (Å²) in [5.41, 5.74) is 1.77. The van der Waals surface area contributed by atoms with Gasteiger partial charge in [0.15, 0.2) is 0 Å². The number of halogens is 1. The number of amides is 1. The molecule has 0 saturated carbocycles. The lowest BCUT2D eigenvalue weighted by molar-refractivity contribution is -0.110. The Labute approximate surface area is 115 Å². The molecule has 1 aromatic carbocycles. The number of hydrogen-bond donors (Lipinski definition) is 3. The Kier molecular flexibility index (Phi) is 2.60. The number of carbonyl (C=O) groups excluding carboxylic acids is 1. The van der Waals surface area contributed by atoms with Gasteiger partial charge in [-0.05, 0) is 30.4 Å². The Morgan fingerprint density at radius 2 is 2.17 bits per heavy atom. The number of aromatic amines is 2. The lowest BCUT2D eigenvalue weighted by Gasteiger charge is -1.97. The largest absolute Gasteiger partial charge is 0.320 e. The van der Waals surface area contributed by atoms with Gasteiger partial charge in [0.05, 0.1) is 5.69 Å². The van der Waals surface area contributed by atoms with Crippen LogP contribution in [0.4, 0.5) is 11.6 Å². The molecule has 0 atom stereocenters. The third-order valence-corrected chi connectivity index (χ3v) is 3.09. The van der Waals surface area contributed by atoms with Gasteiger partial charge >= 0.3 is 0 Å². The number of benzene rings is 1. The van der Waals surface area contributed by atoms with E-state index in [1.165, 1.54) is 0 Å². The van der Waals surface area contributed by atoms with Crippen LogP contribution < -0.4 is 5.32 Å². The molecule has 0 fully saturated rings. The second-order valence-electron chi connectivity index (χ2n) is 3.60. The Morgan fingerprint density at radius 1 is 1.33 bits per heavy atom. The van der Waals surface area contributed by atoms with Crippen LogP contribution in [0.15, 0.2) is 27.7 Å². The number of aliphatic imine (C=N–C) groups is 1. The van der Waals surface area contributed by atoms with Crippen LogP contribution in [-0.2, 0) is 4.79 Å². The van der Waals surface area contributed by atoms with Crippen molar-refractivity contribution in [1.82, 2.24) is 15.2 Å². The summed E-state index contributed by atoms with van der Waals surface area (Å²) in [5.74, 6) is 0.0170. The van der Waals surface area contributed by atoms with Gasteiger partial charge in [-0.1, -0.05) is 15.9 Å². The molecule has 8 heteroatoms. The molecule has 0 spiro atoms.